The molecule has 0 radical (unpaired) electrons. The first kappa shape index (κ1) is 12.8. The Kier molecular flexibility index (Phi) is 4.10. The Bertz CT molecular complexity index is 510. The lowest BCUT2D eigenvalue weighted by Crippen LogP contribution is -2.20. The monoisotopic (exact) mass is 248 g/mol. The number of hydrogen-bond acceptors (Lipinski definition) is 3. The van der Waals surface area contributed by atoms with Gasteiger partial charge in [-0.2, -0.15) is 0 Å². The maximum absolute atomic E-state index is 13.2. The minimum absolute atomic E-state index is 0.117. The van der Waals surface area contributed by atoms with Crippen molar-refractivity contribution in [3.8, 4) is 0 Å². The zero-order valence-electron chi connectivity index (χ0n) is 10.6. The van der Waals surface area contributed by atoms with Crippen LogP contribution in [0.15, 0.2) is 34.9 Å². The summed E-state index contributed by atoms with van der Waals surface area (Å²) >= 11 is 0. The summed E-state index contributed by atoms with van der Waals surface area (Å²) in [6.07, 6.45) is 0.885. The van der Waals surface area contributed by atoms with Gasteiger partial charge in [-0.25, -0.2) is 4.39 Å². The number of rotatable bonds is 5. The van der Waals surface area contributed by atoms with E-state index in [-0.39, 0.29) is 11.9 Å². The predicted octanol–water partition coefficient (Wildman–Crippen LogP) is 3.36. The Morgan fingerprint density at radius 3 is 2.83 bits per heavy atom. The highest BCUT2D eigenvalue weighted by atomic mass is 19.1. The minimum atomic E-state index is -0.205. The van der Waals surface area contributed by atoms with Crippen LogP contribution in [0.3, 0.4) is 0 Å². The van der Waals surface area contributed by atoms with Gasteiger partial charge in [0.25, 0.3) is 0 Å². The summed E-state index contributed by atoms with van der Waals surface area (Å²) < 4.78 is 18.3. The topological polar surface area (TPSA) is 38.1 Å². The van der Waals surface area contributed by atoms with Crippen LogP contribution in [0, 0.1) is 12.7 Å². The number of halogens is 1. The van der Waals surface area contributed by atoms with E-state index < -0.39 is 0 Å². The number of hydrogen-bond donors (Lipinski definition) is 1. The average Bonchev–Trinajstić information content (AvgIpc) is 2.76. The van der Waals surface area contributed by atoms with Crippen LogP contribution in [0.4, 0.5) is 4.39 Å². The standard InChI is InChI=1S/C14H17FN2O/c1-3-14(11-5-4-6-12(15)8-11)16-9-13-7-10(2)17-18-13/h4-8,14,16H,3,9H2,1-2H3. The molecule has 1 aromatic carbocycles. The van der Waals surface area contributed by atoms with E-state index in [4.69, 9.17) is 4.52 Å². The Morgan fingerprint density at radius 2 is 2.22 bits per heavy atom. The Balaban J connectivity index is 2.01. The molecule has 4 heteroatoms. The molecule has 1 heterocycles. The SMILES string of the molecule is CCC(NCc1cc(C)no1)c1cccc(F)c1. The first-order valence-electron chi connectivity index (χ1n) is 6.10. The molecule has 0 saturated heterocycles. The highest BCUT2D eigenvalue weighted by Gasteiger charge is 2.10. The largest absolute Gasteiger partial charge is 0.360 e. The van der Waals surface area contributed by atoms with E-state index in [2.05, 4.69) is 17.4 Å². The minimum Gasteiger partial charge on any atom is -0.360 e. The zero-order valence-corrected chi connectivity index (χ0v) is 10.6. The first-order chi connectivity index (χ1) is 8.69. The van der Waals surface area contributed by atoms with Crippen LogP contribution in [0.2, 0.25) is 0 Å². The van der Waals surface area contributed by atoms with Gasteiger partial charge in [0.05, 0.1) is 12.2 Å². The van der Waals surface area contributed by atoms with Crippen LogP contribution in [-0.2, 0) is 6.54 Å². The smallest absolute Gasteiger partial charge is 0.150 e. The molecule has 0 amide bonds. The number of nitrogens with one attached hydrogen (secondary N) is 1. The highest BCUT2D eigenvalue weighted by Crippen LogP contribution is 2.18. The van der Waals surface area contributed by atoms with Gasteiger partial charge in [-0.15, -0.1) is 0 Å². The molecule has 0 aliphatic heterocycles. The molecule has 18 heavy (non-hydrogen) atoms. The molecular weight excluding hydrogens is 231 g/mol. The van der Waals surface area contributed by atoms with E-state index in [1.807, 2.05) is 19.1 Å². The van der Waals surface area contributed by atoms with Crippen LogP contribution in [0.5, 0.6) is 0 Å². The second-order valence-corrected chi connectivity index (χ2v) is 4.33. The van der Waals surface area contributed by atoms with Gasteiger partial charge in [0.1, 0.15) is 5.82 Å². The molecule has 3 nitrogen and oxygen atoms in total. The molecule has 2 aromatic rings. The van der Waals surface area contributed by atoms with Gasteiger partial charge < -0.3 is 9.84 Å². The first-order valence-corrected chi connectivity index (χ1v) is 6.10. The zero-order chi connectivity index (χ0) is 13.0. The van der Waals surface area contributed by atoms with E-state index in [9.17, 15) is 4.39 Å². The molecule has 0 bridgehead atoms. The van der Waals surface area contributed by atoms with Gasteiger partial charge in [0.2, 0.25) is 0 Å². The summed E-state index contributed by atoms with van der Waals surface area (Å²) in [5, 5.41) is 7.17. The van der Waals surface area contributed by atoms with E-state index >= 15 is 0 Å². The quantitative estimate of drug-likeness (QED) is 0.881. The Hall–Kier alpha value is -1.68. The van der Waals surface area contributed by atoms with Crippen molar-refractivity contribution in [3.63, 3.8) is 0 Å². The van der Waals surface area contributed by atoms with Crippen molar-refractivity contribution in [1.29, 1.82) is 0 Å². The summed E-state index contributed by atoms with van der Waals surface area (Å²) in [7, 11) is 0. The summed E-state index contributed by atoms with van der Waals surface area (Å²) in [4.78, 5) is 0. The second kappa shape index (κ2) is 5.78. The third-order valence-corrected chi connectivity index (χ3v) is 2.86. The molecule has 1 unspecified atom stereocenters. The number of benzene rings is 1. The second-order valence-electron chi connectivity index (χ2n) is 4.33. The van der Waals surface area contributed by atoms with Gasteiger partial charge in [-0.05, 0) is 31.0 Å². The molecule has 0 spiro atoms. The molecule has 0 aliphatic carbocycles. The third kappa shape index (κ3) is 3.17. The summed E-state index contributed by atoms with van der Waals surface area (Å²) in [6.45, 7) is 4.54. The molecule has 1 atom stereocenters. The molecule has 2 rings (SSSR count). The summed E-state index contributed by atoms with van der Waals surface area (Å²) in [6, 6.07) is 8.68. The third-order valence-electron chi connectivity index (χ3n) is 2.86. The van der Waals surface area contributed by atoms with Crippen LogP contribution < -0.4 is 5.32 Å². The summed E-state index contributed by atoms with van der Waals surface area (Å²) in [5.41, 5.74) is 1.82. The van der Waals surface area contributed by atoms with Gasteiger partial charge >= 0.3 is 0 Å². The Labute approximate surface area is 106 Å². The average molecular weight is 248 g/mol. The predicted molar refractivity (Wildman–Crippen MR) is 67.5 cm³/mol. The van der Waals surface area contributed by atoms with Crippen molar-refractivity contribution >= 4 is 0 Å². The Morgan fingerprint density at radius 1 is 1.39 bits per heavy atom. The lowest BCUT2D eigenvalue weighted by atomic mass is 10.0. The number of aryl methyl sites for hydroxylation is 1. The fourth-order valence-corrected chi connectivity index (χ4v) is 1.94. The van der Waals surface area contributed by atoms with Gasteiger partial charge in [-0.3, -0.25) is 0 Å². The normalized spacial score (nSPS) is 12.6. The van der Waals surface area contributed by atoms with Crippen LogP contribution >= 0.6 is 0 Å². The molecule has 1 N–H and O–H groups in total. The lowest BCUT2D eigenvalue weighted by Gasteiger charge is -2.16. The van der Waals surface area contributed by atoms with Gasteiger partial charge in [0.15, 0.2) is 5.76 Å². The highest BCUT2D eigenvalue weighted by molar-refractivity contribution is 5.20. The van der Waals surface area contributed by atoms with Crippen LogP contribution in [0.1, 0.15) is 36.4 Å². The van der Waals surface area contributed by atoms with Crippen molar-refractivity contribution in [2.24, 2.45) is 0 Å². The molecule has 0 aliphatic rings. The number of nitrogens with zero attached hydrogens (tertiary/aromatic N) is 1. The lowest BCUT2D eigenvalue weighted by molar-refractivity contribution is 0.359. The van der Waals surface area contributed by atoms with E-state index in [1.54, 1.807) is 12.1 Å². The fourth-order valence-electron chi connectivity index (χ4n) is 1.94. The van der Waals surface area contributed by atoms with Crippen LogP contribution in [0.25, 0.3) is 0 Å². The molecule has 96 valence electrons. The maximum Gasteiger partial charge on any atom is 0.150 e. The molecule has 1 aromatic heterocycles. The van der Waals surface area contributed by atoms with Crippen molar-refractivity contribution < 1.29 is 8.91 Å². The van der Waals surface area contributed by atoms with Crippen molar-refractivity contribution in [1.82, 2.24) is 10.5 Å². The summed E-state index contributed by atoms with van der Waals surface area (Å²) in [5.74, 6) is 0.589. The fraction of sp³-hybridized carbons (Fsp3) is 0.357. The molecule has 0 fully saturated rings. The van der Waals surface area contributed by atoms with E-state index in [0.717, 1.165) is 23.4 Å². The van der Waals surface area contributed by atoms with Crippen LogP contribution in [-0.4, -0.2) is 5.16 Å². The molecule has 0 saturated carbocycles. The van der Waals surface area contributed by atoms with Crippen molar-refractivity contribution in [3.05, 3.63) is 53.2 Å². The van der Waals surface area contributed by atoms with Crippen molar-refractivity contribution in [2.75, 3.05) is 0 Å². The number of aromatic nitrogens is 1. The maximum atomic E-state index is 13.2. The van der Waals surface area contributed by atoms with Gasteiger partial charge in [0, 0.05) is 12.1 Å². The molecular formula is C14H17FN2O. The van der Waals surface area contributed by atoms with E-state index in [1.165, 1.54) is 6.07 Å². The van der Waals surface area contributed by atoms with Crippen molar-refractivity contribution in [2.45, 2.75) is 32.9 Å². The van der Waals surface area contributed by atoms with Gasteiger partial charge in [-0.1, -0.05) is 24.2 Å². The van der Waals surface area contributed by atoms with E-state index in [0.29, 0.717) is 6.54 Å².